The Kier molecular flexibility index (Phi) is 7.50. The topological polar surface area (TPSA) is 75.0 Å². The van der Waals surface area contributed by atoms with Crippen molar-refractivity contribution in [2.45, 2.75) is 20.0 Å². The summed E-state index contributed by atoms with van der Waals surface area (Å²) in [5.74, 6) is -2.90. The maximum Gasteiger partial charge on any atom is 0.453 e. The van der Waals surface area contributed by atoms with Gasteiger partial charge in [-0.25, -0.2) is 4.79 Å². The number of hydrogen-bond donors (Lipinski definition) is 0. The molecule has 0 aliphatic heterocycles. The number of benzene rings is 3. The van der Waals surface area contributed by atoms with Crippen LogP contribution in [-0.2, 0) is 11.0 Å². The maximum absolute atomic E-state index is 13.9. The molecule has 0 amide bonds. The molecule has 0 saturated carbocycles. The van der Waals surface area contributed by atoms with Crippen molar-refractivity contribution >= 4 is 34.6 Å². The minimum absolute atomic E-state index is 0.00394. The Morgan fingerprint density at radius 3 is 2.18 bits per heavy atom. The van der Waals surface area contributed by atoms with E-state index >= 15 is 0 Å². The van der Waals surface area contributed by atoms with E-state index in [9.17, 15) is 22.8 Å². The third-order valence-corrected chi connectivity index (χ3v) is 6.05. The van der Waals surface area contributed by atoms with Gasteiger partial charge >= 0.3 is 12.1 Å². The predicted molar refractivity (Wildman–Crippen MR) is 136 cm³/mol. The summed E-state index contributed by atoms with van der Waals surface area (Å²) in [5, 5.41) is 0.240. The molecule has 4 aromatic rings. The summed E-state index contributed by atoms with van der Waals surface area (Å²) in [6.45, 7) is 3.31. The molecule has 0 atom stereocenters. The predicted octanol–water partition coefficient (Wildman–Crippen LogP) is 7.50. The van der Waals surface area contributed by atoms with E-state index in [0.717, 1.165) is 12.1 Å². The van der Waals surface area contributed by atoms with E-state index in [2.05, 4.69) is 0 Å². The fraction of sp³-hybridized carbons (Fsp3) is 0.143. The number of carbonyl (C=O) groups is 1. The summed E-state index contributed by atoms with van der Waals surface area (Å²) in [5.41, 5.74) is 0.352. The number of esters is 1. The van der Waals surface area contributed by atoms with Crippen LogP contribution < -0.4 is 19.6 Å². The van der Waals surface area contributed by atoms with E-state index < -0.39 is 34.7 Å². The van der Waals surface area contributed by atoms with Crippen molar-refractivity contribution in [2.24, 2.45) is 0 Å². The average Bonchev–Trinajstić information content (AvgIpc) is 2.87. The van der Waals surface area contributed by atoms with Crippen molar-refractivity contribution in [1.29, 1.82) is 0 Å². The molecule has 0 bridgehead atoms. The minimum Gasteiger partial charge on any atom is -0.497 e. The van der Waals surface area contributed by atoms with Crippen LogP contribution in [0.5, 0.6) is 23.0 Å². The highest BCUT2D eigenvalue weighted by Crippen LogP contribution is 2.39. The summed E-state index contributed by atoms with van der Waals surface area (Å²) in [4.78, 5) is 25.3. The molecular formula is C28H20ClF3O6. The molecule has 38 heavy (non-hydrogen) atoms. The number of methoxy groups -OCH3 is 1. The van der Waals surface area contributed by atoms with E-state index in [1.807, 2.05) is 0 Å². The molecule has 0 radical (unpaired) electrons. The summed E-state index contributed by atoms with van der Waals surface area (Å²) >= 11 is 6.12. The second kappa shape index (κ2) is 10.6. The monoisotopic (exact) mass is 544 g/mol. The molecule has 1 heterocycles. The lowest BCUT2D eigenvalue weighted by molar-refractivity contribution is -0.154. The maximum atomic E-state index is 13.9. The lowest BCUT2D eigenvalue weighted by Crippen LogP contribution is -2.15. The van der Waals surface area contributed by atoms with Gasteiger partial charge in [0, 0.05) is 17.2 Å². The summed E-state index contributed by atoms with van der Waals surface area (Å²) < 4.78 is 62.3. The molecule has 0 aliphatic rings. The van der Waals surface area contributed by atoms with E-state index in [1.54, 1.807) is 38.1 Å². The Labute approximate surface area is 219 Å². The van der Waals surface area contributed by atoms with Gasteiger partial charge in [0.25, 0.3) is 5.76 Å². The third kappa shape index (κ3) is 5.84. The quantitative estimate of drug-likeness (QED) is 0.142. The van der Waals surface area contributed by atoms with Crippen molar-refractivity contribution in [3.05, 3.63) is 98.4 Å². The SMILES string of the molecule is COc1ccc(C=CC(=O)Oc2ccc3c(=O)c(Oc4cc(C)c(Cl)c(C)c4)c(C(F)(F)F)oc3c2)cc1. The van der Waals surface area contributed by atoms with E-state index in [-0.39, 0.29) is 16.9 Å². The molecule has 0 spiro atoms. The molecule has 6 nitrogen and oxygen atoms in total. The number of fused-ring (bicyclic) bond motifs is 1. The van der Waals surface area contributed by atoms with Gasteiger partial charge in [-0.1, -0.05) is 23.7 Å². The molecule has 4 rings (SSSR count). The van der Waals surface area contributed by atoms with Gasteiger partial charge in [-0.15, -0.1) is 0 Å². The molecule has 0 unspecified atom stereocenters. The number of ether oxygens (including phenoxy) is 3. The van der Waals surface area contributed by atoms with E-state index in [1.165, 1.54) is 37.5 Å². The van der Waals surface area contributed by atoms with Crippen LogP contribution in [0.2, 0.25) is 5.02 Å². The van der Waals surface area contributed by atoms with Gasteiger partial charge in [-0.3, -0.25) is 4.79 Å². The Bertz CT molecular complexity index is 1580. The lowest BCUT2D eigenvalue weighted by atomic mass is 10.1. The van der Waals surface area contributed by atoms with Crippen LogP contribution >= 0.6 is 11.6 Å². The molecule has 0 fully saturated rings. The average molecular weight is 545 g/mol. The molecule has 0 saturated heterocycles. The second-order valence-electron chi connectivity index (χ2n) is 8.25. The zero-order chi connectivity index (χ0) is 27.6. The number of halogens is 4. The zero-order valence-electron chi connectivity index (χ0n) is 20.3. The highest BCUT2D eigenvalue weighted by atomic mass is 35.5. The van der Waals surface area contributed by atoms with Gasteiger partial charge in [0.2, 0.25) is 11.2 Å². The summed E-state index contributed by atoms with van der Waals surface area (Å²) in [7, 11) is 1.53. The number of alkyl halides is 3. The van der Waals surface area contributed by atoms with Crippen LogP contribution in [0.3, 0.4) is 0 Å². The molecular weight excluding hydrogens is 525 g/mol. The Hall–Kier alpha value is -4.24. The Morgan fingerprint density at radius 1 is 0.947 bits per heavy atom. The molecule has 0 aliphatic carbocycles. The summed E-state index contributed by atoms with van der Waals surface area (Å²) in [6.07, 6.45) is -2.40. The largest absolute Gasteiger partial charge is 0.497 e. The third-order valence-electron chi connectivity index (χ3n) is 5.46. The van der Waals surface area contributed by atoms with E-state index in [0.29, 0.717) is 27.5 Å². The van der Waals surface area contributed by atoms with Gasteiger partial charge in [0.1, 0.15) is 22.8 Å². The van der Waals surface area contributed by atoms with Crippen molar-refractivity contribution in [3.63, 3.8) is 0 Å². The molecule has 1 aromatic heterocycles. The number of hydrogen-bond acceptors (Lipinski definition) is 6. The molecule has 0 N–H and O–H groups in total. The first-order chi connectivity index (χ1) is 18.0. The Morgan fingerprint density at radius 2 is 1.58 bits per heavy atom. The first-order valence-corrected chi connectivity index (χ1v) is 11.5. The normalized spacial score (nSPS) is 11.7. The van der Waals surface area contributed by atoms with Gasteiger partial charge in [0.05, 0.1) is 12.5 Å². The fourth-order valence-corrected chi connectivity index (χ4v) is 3.72. The number of rotatable bonds is 6. The van der Waals surface area contributed by atoms with Crippen LogP contribution in [0.4, 0.5) is 13.2 Å². The van der Waals surface area contributed by atoms with Crippen LogP contribution in [0.1, 0.15) is 22.5 Å². The van der Waals surface area contributed by atoms with Crippen molar-refractivity contribution in [3.8, 4) is 23.0 Å². The highest BCUT2D eigenvalue weighted by molar-refractivity contribution is 6.32. The number of aryl methyl sites for hydroxylation is 2. The summed E-state index contributed by atoms with van der Waals surface area (Å²) in [6, 6.07) is 13.2. The molecule has 3 aromatic carbocycles. The van der Waals surface area contributed by atoms with Crippen LogP contribution in [-0.4, -0.2) is 13.1 Å². The van der Waals surface area contributed by atoms with Gasteiger partial charge in [-0.2, -0.15) is 13.2 Å². The van der Waals surface area contributed by atoms with Crippen molar-refractivity contribution in [2.75, 3.05) is 7.11 Å². The van der Waals surface area contributed by atoms with Gasteiger partial charge in [0.15, 0.2) is 0 Å². The van der Waals surface area contributed by atoms with Crippen LogP contribution in [0, 0.1) is 13.8 Å². The van der Waals surface area contributed by atoms with Gasteiger partial charge < -0.3 is 18.6 Å². The fourth-order valence-electron chi connectivity index (χ4n) is 3.61. The van der Waals surface area contributed by atoms with Crippen molar-refractivity contribution < 1.29 is 36.6 Å². The zero-order valence-corrected chi connectivity index (χ0v) is 21.1. The lowest BCUT2D eigenvalue weighted by Gasteiger charge is -2.14. The smallest absolute Gasteiger partial charge is 0.453 e. The second-order valence-corrected chi connectivity index (χ2v) is 8.62. The molecule has 196 valence electrons. The Balaban J connectivity index is 1.65. The van der Waals surface area contributed by atoms with Crippen LogP contribution in [0.15, 0.2) is 69.9 Å². The molecule has 10 heteroatoms. The minimum atomic E-state index is -5.05. The first kappa shape index (κ1) is 26.8. The van der Waals surface area contributed by atoms with Crippen molar-refractivity contribution in [1.82, 2.24) is 0 Å². The van der Waals surface area contributed by atoms with Gasteiger partial charge in [-0.05, 0) is 73.0 Å². The van der Waals surface area contributed by atoms with Crippen LogP contribution in [0.25, 0.3) is 17.0 Å². The van der Waals surface area contributed by atoms with E-state index in [4.69, 9.17) is 30.2 Å². The highest BCUT2D eigenvalue weighted by Gasteiger charge is 2.40. The standard InChI is InChI=1S/C28H20ClF3O6/c1-15-12-20(13-16(2)24(15)29)37-26-25(34)21-10-9-19(14-22(21)38-27(26)28(30,31)32)36-23(33)11-6-17-4-7-18(35-3)8-5-17/h4-14H,1-3H3. The first-order valence-electron chi connectivity index (χ1n) is 11.1. The number of carbonyl (C=O) groups excluding carboxylic acids is 1.